The fourth-order valence-corrected chi connectivity index (χ4v) is 2.76. The molecule has 0 amide bonds. The number of Topliss-reactive ketones (excluding diaryl/α,β-unsaturated/α-hetero) is 1. The van der Waals surface area contributed by atoms with Gasteiger partial charge in [-0.2, -0.15) is 5.10 Å². The zero-order valence-corrected chi connectivity index (χ0v) is 15.1. The molecule has 0 bridgehead atoms. The molecule has 1 unspecified atom stereocenters. The Morgan fingerprint density at radius 3 is 2.44 bits per heavy atom. The molecule has 2 aromatic carbocycles. The monoisotopic (exact) mass is 359 g/mol. The van der Waals surface area contributed by atoms with E-state index >= 15 is 0 Å². The van der Waals surface area contributed by atoms with Gasteiger partial charge in [0.1, 0.15) is 12.4 Å². The normalized spacial score (nSPS) is 18.0. The molecule has 1 N–H and O–H groups in total. The first kappa shape index (κ1) is 18.3. The summed E-state index contributed by atoms with van der Waals surface area (Å²) >= 11 is 0. The molecule has 0 fully saturated rings. The summed E-state index contributed by atoms with van der Waals surface area (Å²) in [6.45, 7) is 5.81. The van der Waals surface area contributed by atoms with Crippen LogP contribution in [0.25, 0.3) is 0 Å². The van der Waals surface area contributed by atoms with E-state index in [1.165, 1.54) is 6.20 Å². The number of nitrogens with one attached hydrogen (secondary N) is 1. The van der Waals surface area contributed by atoms with Gasteiger partial charge in [0.05, 0.1) is 17.8 Å². The molecule has 1 atom stereocenters. The highest BCUT2D eigenvalue weighted by Crippen LogP contribution is 2.25. The first-order chi connectivity index (χ1) is 13.2. The van der Waals surface area contributed by atoms with Gasteiger partial charge in [-0.1, -0.05) is 60.7 Å². The van der Waals surface area contributed by atoms with E-state index in [-0.39, 0.29) is 11.8 Å². The summed E-state index contributed by atoms with van der Waals surface area (Å²) in [5.74, 6) is 0.285. The number of rotatable bonds is 7. The first-order valence-corrected chi connectivity index (χ1v) is 8.66. The van der Waals surface area contributed by atoms with Crippen LogP contribution in [0, 0.1) is 0 Å². The maximum absolute atomic E-state index is 13.1. The van der Waals surface area contributed by atoms with Crippen molar-refractivity contribution in [2.75, 3.05) is 0 Å². The Labute approximate surface area is 158 Å². The van der Waals surface area contributed by atoms with Crippen LogP contribution < -0.4 is 5.43 Å². The second kappa shape index (κ2) is 8.76. The maximum atomic E-state index is 13.1. The van der Waals surface area contributed by atoms with E-state index in [1.807, 2.05) is 55.5 Å². The van der Waals surface area contributed by atoms with Crippen molar-refractivity contribution < 1.29 is 9.53 Å². The van der Waals surface area contributed by atoms with E-state index < -0.39 is 0 Å². The molecule has 0 saturated carbocycles. The van der Waals surface area contributed by atoms with Gasteiger partial charge in [0.25, 0.3) is 0 Å². The summed E-state index contributed by atoms with van der Waals surface area (Å²) in [7, 11) is 0. The fraction of sp³-hybridized carbons (Fsp3) is 0.136. The second-order valence-corrected chi connectivity index (χ2v) is 6.09. The van der Waals surface area contributed by atoms with E-state index in [0.29, 0.717) is 23.5 Å². The third-order valence-electron chi connectivity index (χ3n) is 4.17. The molecule has 0 aromatic heterocycles. The number of aliphatic imine (C=N–C) groups is 1. The molecule has 3 rings (SSSR count). The standard InChI is InChI=1S/C22H21N3O2/c1-16-19(14-24-25-16)22(27-15-17-9-5-3-6-10-17)20(13-23-2)21(26)18-11-7-4-8-12-18/h3-14,16,25H,2,15H2,1H3/b20-13-,22-19+. The average molecular weight is 359 g/mol. The van der Waals surface area contributed by atoms with Crippen molar-refractivity contribution in [3.05, 3.63) is 94.9 Å². The first-order valence-electron chi connectivity index (χ1n) is 8.66. The van der Waals surface area contributed by atoms with Gasteiger partial charge in [-0.15, -0.1) is 0 Å². The molecule has 0 radical (unpaired) electrons. The Morgan fingerprint density at radius 2 is 1.85 bits per heavy atom. The molecule has 27 heavy (non-hydrogen) atoms. The molecular weight excluding hydrogens is 338 g/mol. The minimum atomic E-state index is -0.175. The number of carbonyl (C=O) groups excluding carboxylic acids is 1. The summed E-state index contributed by atoms with van der Waals surface area (Å²) in [6.07, 6.45) is 3.13. The molecule has 0 aliphatic carbocycles. The van der Waals surface area contributed by atoms with Gasteiger partial charge in [0.2, 0.25) is 0 Å². The highest BCUT2D eigenvalue weighted by Gasteiger charge is 2.25. The zero-order chi connectivity index (χ0) is 19.1. The lowest BCUT2D eigenvalue weighted by atomic mass is 9.98. The number of allylic oxidation sites excluding steroid dienone is 1. The SMILES string of the molecule is C=N/C=C(C(=O)c1ccccc1)\C(OCc1ccccc1)=C1\C=NNC1C. The number of ketones is 1. The lowest BCUT2D eigenvalue weighted by Gasteiger charge is -2.17. The number of hydrazone groups is 1. The van der Waals surface area contributed by atoms with E-state index in [4.69, 9.17) is 4.74 Å². The summed E-state index contributed by atoms with van der Waals surface area (Å²) in [5.41, 5.74) is 5.68. The predicted octanol–water partition coefficient (Wildman–Crippen LogP) is 3.90. The van der Waals surface area contributed by atoms with Crippen molar-refractivity contribution >= 4 is 18.7 Å². The molecule has 2 aromatic rings. The molecule has 5 nitrogen and oxygen atoms in total. The van der Waals surface area contributed by atoms with E-state index in [1.54, 1.807) is 18.3 Å². The Bertz CT molecular complexity index is 900. The zero-order valence-electron chi connectivity index (χ0n) is 15.1. The topological polar surface area (TPSA) is 63.0 Å². The summed E-state index contributed by atoms with van der Waals surface area (Å²) in [5, 5.41) is 4.10. The number of ether oxygens (including phenoxy) is 1. The van der Waals surface area contributed by atoms with Crippen LogP contribution in [0.15, 0.2) is 93.9 Å². The maximum Gasteiger partial charge on any atom is 0.198 e. The smallest absolute Gasteiger partial charge is 0.198 e. The minimum Gasteiger partial charge on any atom is -0.488 e. The van der Waals surface area contributed by atoms with Gasteiger partial charge >= 0.3 is 0 Å². The highest BCUT2D eigenvalue weighted by atomic mass is 16.5. The van der Waals surface area contributed by atoms with Gasteiger partial charge in [-0.05, 0) is 19.2 Å². The molecule has 1 heterocycles. The van der Waals surface area contributed by atoms with Crippen molar-refractivity contribution in [3.8, 4) is 0 Å². The van der Waals surface area contributed by atoms with Crippen LogP contribution in [0.4, 0.5) is 0 Å². The van der Waals surface area contributed by atoms with E-state index in [9.17, 15) is 4.79 Å². The second-order valence-electron chi connectivity index (χ2n) is 6.09. The van der Waals surface area contributed by atoms with Gasteiger partial charge in [-0.3, -0.25) is 9.79 Å². The van der Waals surface area contributed by atoms with Crippen molar-refractivity contribution in [2.24, 2.45) is 10.1 Å². The van der Waals surface area contributed by atoms with Gasteiger partial charge < -0.3 is 10.2 Å². The Kier molecular flexibility index (Phi) is 5.94. The van der Waals surface area contributed by atoms with Gasteiger partial charge in [0.15, 0.2) is 5.78 Å². The van der Waals surface area contributed by atoms with E-state index in [0.717, 1.165) is 11.1 Å². The lowest BCUT2D eigenvalue weighted by molar-refractivity contribution is 0.101. The average Bonchev–Trinajstić information content (AvgIpc) is 3.14. The van der Waals surface area contributed by atoms with Crippen LogP contribution >= 0.6 is 0 Å². The van der Waals surface area contributed by atoms with Crippen LogP contribution in [0.3, 0.4) is 0 Å². The molecule has 0 saturated heterocycles. The molecule has 0 spiro atoms. The van der Waals surface area contributed by atoms with Crippen molar-refractivity contribution in [3.63, 3.8) is 0 Å². The van der Waals surface area contributed by atoms with Gasteiger partial charge in [-0.25, -0.2) is 0 Å². The minimum absolute atomic E-state index is 0.0763. The van der Waals surface area contributed by atoms with Crippen LogP contribution in [0.2, 0.25) is 0 Å². The van der Waals surface area contributed by atoms with Crippen LogP contribution in [0.1, 0.15) is 22.8 Å². The van der Waals surface area contributed by atoms with Crippen molar-refractivity contribution in [2.45, 2.75) is 19.6 Å². The lowest BCUT2D eigenvalue weighted by Crippen LogP contribution is -2.20. The number of benzene rings is 2. The molecular formula is C22H21N3O2. The van der Waals surface area contributed by atoms with Crippen LogP contribution in [0.5, 0.6) is 0 Å². The Balaban J connectivity index is 1.99. The molecule has 1 aliphatic heterocycles. The predicted molar refractivity (Wildman–Crippen MR) is 108 cm³/mol. The van der Waals surface area contributed by atoms with Crippen LogP contribution in [-0.4, -0.2) is 24.8 Å². The number of nitrogens with zero attached hydrogens (tertiary/aromatic N) is 2. The summed E-state index contributed by atoms with van der Waals surface area (Å²) < 4.78 is 6.11. The third-order valence-corrected chi connectivity index (χ3v) is 4.17. The Morgan fingerprint density at radius 1 is 1.19 bits per heavy atom. The molecule has 1 aliphatic rings. The number of hydrogen-bond donors (Lipinski definition) is 1. The van der Waals surface area contributed by atoms with Crippen molar-refractivity contribution in [1.82, 2.24) is 5.43 Å². The molecule has 5 heteroatoms. The Hall–Kier alpha value is -3.47. The number of hydrogen-bond acceptors (Lipinski definition) is 5. The quantitative estimate of drug-likeness (QED) is 0.353. The third kappa shape index (κ3) is 4.39. The highest BCUT2D eigenvalue weighted by molar-refractivity contribution is 6.12. The van der Waals surface area contributed by atoms with E-state index in [2.05, 4.69) is 22.2 Å². The molecule has 136 valence electrons. The largest absolute Gasteiger partial charge is 0.488 e. The van der Waals surface area contributed by atoms with Crippen molar-refractivity contribution in [1.29, 1.82) is 0 Å². The summed E-state index contributed by atoms with van der Waals surface area (Å²) in [6, 6.07) is 18.8. The fourth-order valence-electron chi connectivity index (χ4n) is 2.76. The van der Waals surface area contributed by atoms with Crippen LogP contribution in [-0.2, 0) is 11.3 Å². The van der Waals surface area contributed by atoms with Gasteiger partial charge in [0, 0.05) is 17.3 Å². The number of carbonyl (C=O) groups is 1. The summed E-state index contributed by atoms with van der Waals surface area (Å²) in [4.78, 5) is 17.0.